The first-order valence-electron chi connectivity index (χ1n) is 12.6. The Kier molecular flexibility index (Phi) is 4.39. The number of nitrogens with zero attached hydrogens (tertiary/aromatic N) is 1. The first-order valence-corrected chi connectivity index (χ1v) is 13.4. The summed E-state index contributed by atoms with van der Waals surface area (Å²) in [6.07, 6.45) is 9.39. The molecule has 1 nitrogen and oxygen atoms in total. The lowest BCUT2D eigenvalue weighted by atomic mass is 9.78. The molecule has 0 radical (unpaired) electrons. The molecule has 1 aromatic heterocycles. The number of hydrogen-bond donors (Lipinski definition) is 0. The Morgan fingerprint density at radius 3 is 2.54 bits per heavy atom. The lowest BCUT2D eigenvalue weighted by Gasteiger charge is -2.34. The highest BCUT2D eigenvalue weighted by molar-refractivity contribution is 7.16. The summed E-state index contributed by atoms with van der Waals surface area (Å²) < 4.78 is 0. The van der Waals surface area contributed by atoms with Gasteiger partial charge < -0.3 is 4.90 Å². The Hall–Kier alpha value is -3.36. The van der Waals surface area contributed by atoms with Gasteiger partial charge in [0.05, 0.1) is 6.04 Å². The van der Waals surface area contributed by atoms with Crippen LogP contribution in [0.15, 0.2) is 96.2 Å². The molecule has 2 atom stereocenters. The predicted molar refractivity (Wildman–Crippen MR) is 151 cm³/mol. The molecule has 2 unspecified atom stereocenters. The van der Waals surface area contributed by atoms with Crippen molar-refractivity contribution in [3.05, 3.63) is 118 Å². The molecule has 0 bridgehead atoms. The number of allylic oxidation sites excluding steroid dienone is 2. The van der Waals surface area contributed by atoms with Crippen molar-refractivity contribution in [3.63, 3.8) is 0 Å². The van der Waals surface area contributed by atoms with E-state index in [0.29, 0.717) is 12.0 Å². The van der Waals surface area contributed by atoms with E-state index in [9.17, 15) is 0 Å². The van der Waals surface area contributed by atoms with Crippen molar-refractivity contribution in [2.24, 2.45) is 5.92 Å². The molecule has 0 saturated heterocycles. The smallest absolute Gasteiger partial charge is 0.0791 e. The zero-order valence-electron chi connectivity index (χ0n) is 20.7. The minimum atomic E-state index is 0.0220. The van der Waals surface area contributed by atoms with Crippen molar-refractivity contribution >= 4 is 33.9 Å². The van der Waals surface area contributed by atoms with Gasteiger partial charge >= 0.3 is 0 Å². The first kappa shape index (κ1) is 21.0. The number of anilines is 1. The van der Waals surface area contributed by atoms with Crippen molar-refractivity contribution in [1.29, 1.82) is 0 Å². The Bertz CT molecular complexity index is 1610. The SMILES string of the molecule is C/C=C\C1=C(C)C2C=Cc3c(sc4c3C(C)(C)c3ccccc3-4)C2N1c1ccc2ccccc2c1. The number of rotatable bonds is 2. The summed E-state index contributed by atoms with van der Waals surface area (Å²) in [7, 11) is 0. The molecule has 0 spiro atoms. The largest absolute Gasteiger partial charge is 0.332 e. The van der Waals surface area contributed by atoms with Gasteiger partial charge in [0.1, 0.15) is 0 Å². The average Bonchev–Trinajstić information content (AvgIpc) is 3.47. The summed E-state index contributed by atoms with van der Waals surface area (Å²) in [5, 5.41) is 2.58. The van der Waals surface area contributed by atoms with Gasteiger partial charge in [-0.3, -0.25) is 0 Å². The zero-order valence-corrected chi connectivity index (χ0v) is 21.5. The first-order chi connectivity index (χ1) is 17.0. The van der Waals surface area contributed by atoms with Gasteiger partial charge in [0.25, 0.3) is 0 Å². The van der Waals surface area contributed by atoms with Crippen LogP contribution in [0.3, 0.4) is 0 Å². The van der Waals surface area contributed by atoms with Crippen LogP contribution in [0.1, 0.15) is 55.3 Å². The van der Waals surface area contributed by atoms with Crippen molar-refractivity contribution in [2.75, 3.05) is 4.90 Å². The molecule has 2 heteroatoms. The molecular formula is C33H29NS. The van der Waals surface area contributed by atoms with Crippen molar-refractivity contribution in [2.45, 2.75) is 39.2 Å². The number of hydrogen-bond acceptors (Lipinski definition) is 2. The molecule has 0 fully saturated rings. The summed E-state index contributed by atoms with van der Waals surface area (Å²) in [6.45, 7) is 9.25. The Morgan fingerprint density at radius 1 is 0.943 bits per heavy atom. The predicted octanol–water partition coefficient (Wildman–Crippen LogP) is 9.26. The van der Waals surface area contributed by atoms with E-state index in [0.717, 1.165) is 0 Å². The van der Waals surface area contributed by atoms with E-state index in [1.165, 1.54) is 59.7 Å². The highest BCUT2D eigenvalue weighted by atomic mass is 32.1. The lowest BCUT2D eigenvalue weighted by Crippen LogP contribution is -2.27. The van der Waals surface area contributed by atoms with Crippen molar-refractivity contribution in [1.82, 2.24) is 0 Å². The number of fused-ring (bicyclic) bond motifs is 8. The molecule has 7 rings (SSSR count). The van der Waals surface area contributed by atoms with E-state index in [2.05, 4.69) is 124 Å². The third-order valence-electron chi connectivity index (χ3n) is 8.30. The molecule has 2 aliphatic carbocycles. The van der Waals surface area contributed by atoms with E-state index in [-0.39, 0.29) is 5.41 Å². The van der Waals surface area contributed by atoms with Crippen LogP contribution in [0.5, 0.6) is 0 Å². The van der Waals surface area contributed by atoms with Crippen LogP contribution >= 0.6 is 11.3 Å². The minimum absolute atomic E-state index is 0.0220. The van der Waals surface area contributed by atoms with Gasteiger partial charge in [0.15, 0.2) is 0 Å². The molecule has 3 aromatic carbocycles. The van der Waals surface area contributed by atoms with Gasteiger partial charge in [0.2, 0.25) is 0 Å². The highest BCUT2D eigenvalue weighted by Crippen LogP contribution is 2.60. The third kappa shape index (κ3) is 2.75. The molecule has 35 heavy (non-hydrogen) atoms. The molecule has 1 aliphatic heterocycles. The lowest BCUT2D eigenvalue weighted by molar-refractivity contribution is 0.611. The quantitative estimate of drug-likeness (QED) is 0.281. The zero-order chi connectivity index (χ0) is 23.9. The number of thiophene rings is 1. The van der Waals surface area contributed by atoms with Gasteiger partial charge in [-0.05, 0) is 70.7 Å². The van der Waals surface area contributed by atoms with Gasteiger partial charge in [-0.15, -0.1) is 11.3 Å². The van der Waals surface area contributed by atoms with Gasteiger partial charge in [0, 0.05) is 32.5 Å². The van der Waals surface area contributed by atoms with E-state index < -0.39 is 0 Å². The third-order valence-corrected chi connectivity index (χ3v) is 9.61. The highest BCUT2D eigenvalue weighted by Gasteiger charge is 2.47. The standard InChI is InChI=1S/C33H29NS/c1-5-10-28-20(2)24-17-18-26-29-31(25-13-8-9-14-27(25)33(29,3)4)35-32(26)30(24)34(28)23-16-15-21-11-6-7-12-22(21)19-23/h5-19,24,30H,1-4H3/b10-5-. The van der Waals surface area contributed by atoms with E-state index in [4.69, 9.17) is 0 Å². The van der Waals surface area contributed by atoms with Crippen LogP contribution in [0, 0.1) is 5.92 Å². The fourth-order valence-electron chi connectivity index (χ4n) is 6.65. The van der Waals surface area contributed by atoms with Crippen LogP contribution in [0.2, 0.25) is 0 Å². The van der Waals surface area contributed by atoms with E-state index in [1.54, 1.807) is 0 Å². The summed E-state index contributed by atoms with van der Waals surface area (Å²) in [5.74, 6) is 0.386. The molecule has 0 amide bonds. The molecule has 2 heterocycles. The summed E-state index contributed by atoms with van der Waals surface area (Å²) in [6, 6.07) is 24.9. The normalized spacial score (nSPS) is 21.5. The van der Waals surface area contributed by atoms with Crippen LogP contribution < -0.4 is 4.90 Å². The number of benzene rings is 3. The van der Waals surface area contributed by atoms with E-state index in [1.807, 2.05) is 11.3 Å². The Morgan fingerprint density at radius 2 is 1.71 bits per heavy atom. The molecule has 3 aliphatic rings. The molecule has 172 valence electrons. The second-order valence-corrected chi connectivity index (χ2v) is 11.6. The summed E-state index contributed by atoms with van der Waals surface area (Å²) >= 11 is 2.03. The van der Waals surface area contributed by atoms with Crippen LogP contribution in [-0.2, 0) is 5.41 Å². The van der Waals surface area contributed by atoms with Crippen molar-refractivity contribution < 1.29 is 0 Å². The topological polar surface area (TPSA) is 3.24 Å². The maximum Gasteiger partial charge on any atom is 0.0791 e. The maximum atomic E-state index is 2.61. The fourth-order valence-corrected chi connectivity index (χ4v) is 8.28. The Balaban J connectivity index is 1.45. The summed E-state index contributed by atoms with van der Waals surface area (Å²) in [4.78, 5) is 5.59. The Labute approximate surface area is 211 Å². The molecular weight excluding hydrogens is 442 g/mol. The fraction of sp³-hybridized carbons (Fsp3) is 0.212. The molecule has 4 aromatic rings. The van der Waals surface area contributed by atoms with E-state index >= 15 is 0 Å². The van der Waals surface area contributed by atoms with Crippen LogP contribution in [0.4, 0.5) is 5.69 Å². The molecule has 0 N–H and O–H groups in total. The van der Waals surface area contributed by atoms with Gasteiger partial charge in [-0.2, -0.15) is 0 Å². The second-order valence-electron chi connectivity index (χ2n) is 10.6. The van der Waals surface area contributed by atoms with Gasteiger partial charge in [-0.1, -0.05) is 86.7 Å². The maximum absolute atomic E-state index is 2.61. The van der Waals surface area contributed by atoms with Crippen molar-refractivity contribution in [3.8, 4) is 10.4 Å². The van der Waals surface area contributed by atoms with Crippen LogP contribution in [-0.4, -0.2) is 0 Å². The average molecular weight is 472 g/mol. The molecule has 0 saturated carbocycles. The van der Waals surface area contributed by atoms with Gasteiger partial charge in [-0.25, -0.2) is 0 Å². The monoisotopic (exact) mass is 471 g/mol. The minimum Gasteiger partial charge on any atom is -0.332 e. The summed E-state index contributed by atoms with van der Waals surface area (Å²) in [5.41, 5.74) is 9.94. The van der Waals surface area contributed by atoms with Crippen LogP contribution in [0.25, 0.3) is 27.3 Å². The second kappa shape index (κ2) is 7.32.